The van der Waals surface area contributed by atoms with Crippen LogP contribution in [0.15, 0.2) is 48.5 Å². The highest BCUT2D eigenvalue weighted by molar-refractivity contribution is 5.92. The molecule has 0 saturated carbocycles. The molecule has 0 bridgehead atoms. The fraction of sp³-hybridized carbons (Fsp3) is 0.391. The Morgan fingerprint density at radius 3 is 2.21 bits per heavy atom. The number of hydrogen-bond donors (Lipinski definition) is 2. The number of rotatable bonds is 8. The molecule has 0 radical (unpaired) electrons. The van der Waals surface area contributed by atoms with Crippen LogP contribution in [0, 0.1) is 0 Å². The van der Waals surface area contributed by atoms with Crippen LogP contribution in [0.4, 0.5) is 10.5 Å². The van der Waals surface area contributed by atoms with Gasteiger partial charge < -0.3 is 20.1 Å². The first-order valence-electron chi connectivity index (χ1n) is 9.85. The quantitative estimate of drug-likeness (QED) is 0.497. The minimum Gasteiger partial charge on any atom is -0.494 e. The molecule has 0 atom stereocenters. The Hall–Kier alpha value is -3.02. The summed E-state index contributed by atoms with van der Waals surface area (Å²) >= 11 is 0. The fourth-order valence-corrected chi connectivity index (χ4v) is 2.59. The van der Waals surface area contributed by atoms with E-state index in [0.717, 1.165) is 5.75 Å². The molecule has 2 rings (SSSR count). The zero-order valence-electron chi connectivity index (χ0n) is 17.6. The Morgan fingerprint density at radius 1 is 0.966 bits per heavy atom. The maximum atomic E-state index is 11.9. The smallest absolute Gasteiger partial charge is 0.338 e. The van der Waals surface area contributed by atoms with Crippen LogP contribution < -0.4 is 15.4 Å². The number of benzene rings is 2. The summed E-state index contributed by atoms with van der Waals surface area (Å²) in [6.07, 6.45) is 0.691. The number of carbonyl (C=O) groups excluding carboxylic acids is 2. The third kappa shape index (κ3) is 7.49. The Bertz CT molecular complexity index is 793. The number of nitrogens with one attached hydrogen (secondary N) is 2. The number of amides is 2. The molecule has 0 heterocycles. The van der Waals surface area contributed by atoms with Crippen LogP contribution in [0.25, 0.3) is 0 Å². The second kappa shape index (κ2) is 10.5. The summed E-state index contributed by atoms with van der Waals surface area (Å²) in [4.78, 5) is 23.6. The number of anilines is 1. The van der Waals surface area contributed by atoms with Crippen molar-refractivity contribution in [3.63, 3.8) is 0 Å². The van der Waals surface area contributed by atoms with Crippen LogP contribution in [-0.2, 0) is 10.2 Å². The van der Waals surface area contributed by atoms with Gasteiger partial charge in [-0.15, -0.1) is 0 Å². The van der Waals surface area contributed by atoms with Gasteiger partial charge in [-0.05, 0) is 60.7 Å². The highest BCUT2D eigenvalue weighted by atomic mass is 16.5. The van der Waals surface area contributed by atoms with Gasteiger partial charge >= 0.3 is 12.0 Å². The number of ether oxygens (including phenoxy) is 2. The number of hydrogen-bond acceptors (Lipinski definition) is 4. The predicted octanol–water partition coefficient (Wildman–Crippen LogP) is 4.75. The molecular weight excluding hydrogens is 368 g/mol. The van der Waals surface area contributed by atoms with E-state index in [1.807, 2.05) is 12.1 Å². The summed E-state index contributed by atoms with van der Waals surface area (Å²) in [5.74, 6) is 0.445. The van der Waals surface area contributed by atoms with E-state index in [1.54, 1.807) is 31.2 Å². The van der Waals surface area contributed by atoms with Gasteiger partial charge in [0.05, 0.1) is 18.8 Å². The molecule has 2 N–H and O–H groups in total. The molecule has 2 aromatic rings. The van der Waals surface area contributed by atoms with E-state index in [1.165, 1.54) is 5.56 Å². The van der Waals surface area contributed by atoms with Crippen molar-refractivity contribution in [1.29, 1.82) is 0 Å². The minimum atomic E-state index is -0.378. The normalized spacial score (nSPS) is 10.9. The van der Waals surface area contributed by atoms with Crippen molar-refractivity contribution >= 4 is 17.7 Å². The summed E-state index contributed by atoms with van der Waals surface area (Å²) in [6, 6.07) is 14.4. The minimum absolute atomic E-state index is 0.120. The lowest BCUT2D eigenvalue weighted by Crippen LogP contribution is -2.30. The molecule has 0 spiro atoms. The first kappa shape index (κ1) is 22.3. The van der Waals surface area contributed by atoms with E-state index in [2.05, 4.69) is 43.5 Å². The van der Waals surface area contributed by atoms with Crippen molar-refractivity contribution < 1.29 is 19.1 Å². The lowest BCUT2D eigenvalue weighted by molar-refractivity contribution is 0.0526. The highest BCUT2D eigenvalue weighted by Gasteiger charge is 2.13. The monoisotopic (exact) mass is 398 g/mol. The molecule has 0 aromatic heterocycles. The fourth-order valence-electron chi connectivity index (χ4n) is 2.59. The van der Waals surface area contributed by atoms with Crippen LogP contribution in [0.3, 0.4) is 0 Å². The van der Waals surface area contributed by atoms with Crippen molar-refractivity contribution in [2.75, 3.05) is 25.1 Å². The van der Waals surface area contributed by atoms with E-state index in [4.69, 9.17) is 9.47 Å². The van der Waals surface area contributed by atoms with Gasteiger partial charge in [-0.2, -0.15) is 0 Å². The van der Waals surface area contributed by atoms with Crippen LogP contribution >= 0.6 is 0 Å². The second-order valence-corrected chi connectivity index (χ2v) is 7.66. The average Bonchev–Trinajstić information content (AvgIpc) is 2.68. The van der Waals surface area contributed by atoms with Gasteiger partial charge in [-0.25, -0.2) is 9.59 Å². The molecule has 2 aromatic carbocycles. The Balaban J connectivity index is 1.66. The van der Waals surface area contributed by atoms with Crippen LogP contribution in [0.1, 0.15) is 50.0 Å². The molecule has 156 valence electrons. The third-order valence-electron chi connectivity index (χ3n) is 4.25. The van der Waals surface area contributed by atoms with E-state index in [-0.39, 0.29) is 17.4 Å². The molecule has 0 unspecified atom stereocenters. The number of carbonyl (C=O) groups is 2. The maximum Gasteiger partial charge on any atom is 0.338 e. The van der Waals surface area contributed by atoms with E-state index < -0.39 is 0 Å². The lowest BCUT2D eigenvalue weighted by atomic mass is 9.87. The Morgan fingerprint density at radius 2 is 1.62 bits per heavy atom. The highest BCUT2D eigenvalue weighted by Crippen LogP contribution is 2.24. The summed E-state index contributed by atoms with van der Waals surface area (Å²) in [5, 5.41) is 5.51. The molecule has 29 heavy (non-hydrogen) atoms. The average molecular weight is 399 g/mol. The molecule has 6 heteroatoms. The van der Waals surface area contributed by atoms with Gasteiger partial charge in [0.1, 0.15) is 5.75 Å². The summed E-state index contributed by atoms with van der Waals surface area (Å²) in [5.41, 5.74) is 2.43. The van der Waals surface area contributed by atoms with E-state index >= 15 is 0 Å². The zero-order valence-corrected chi connectivity index (χ0v) is 17.6. The maximum absolute atomic E-state index is 11.9. The van der Waals surface area contributed by atoms with Crippen molar-refractivity contribution in [2.24, 2.45) is 0 Å². The van der Waals surface area contributed by atoms with Crippen molar-refractivity contribution in [3.05, 3.63) is 59.7 Å². The number of urea groups is 1. The second-order valence-electron chi connectivity index (χ2n) is 7.66. The third-order valence-corrected chi connectivity index (χ3v) is 4.25. The summed E-state index contributed by atoms with van der Waals surface area (Å²) in [7, 11) is 0. The van der Waals surface area contributed by atoms with Crippen LogP contribution in [-0.4, -0.2) is 31.8 Å². The Labute approximate surface area is 172 Å². The van der Waals surface area contributed by atoms with Gasteiger partial charge in [0, 0.05) is 12.2 Å². The van der Waals surface area contributed by atoms with Crippen LogP contribution in [0.5, 0.6) is 5.75 Å². The molecule has 0 aliphatic heterocycles. The zero-order chi connectivity index (χ0) is 21.3. The predicted molar refractivity (Wildman–Crippen MR) is 115 cm³/mol. The standard InChI is InChI=1S/C23H30N2O4/c1-5-28-21(26)17-7-11-19(12-8-17)25-22(27)24-15-6-16-29-20-13-9-18(10-14-20)23(2,3)4/h7-14H,5-6,15-16H2,1-4H3,(H2,24,25,27). The van der Waals surface area contributed by atoms with Gasteiger partial charge in [0.2, 0.25) is 0 Å². The molecule has 2 amide bonds. The first-order chi connectivity index (χ1) is 13.8. The van der Waals surface area contributed by atoms with Crippen molar-refractivity contribution in [3.8, 4) is 5.75 Å². The SMILES string of the molecule is CCOC(=O)c1ccc(NC(=O)NCCCOc2ccc(C(C)(C)C)cc2)cc1. The van der Waals surface area contributed by atoms with E-state index in [9.17, 15) is 9.59 Å². The van der Waals surface area contributed by atoms with Gasteiger partial charge in [-0.3, -0.25) is 0 Å². The Kier molecular flexibility index (Phi) is 8.07. The van der Waals surface area contributed by atoms with Crippen molar-refractivity contribution in [1.82, 2.24) is 5.32 Å². The summed E-state index contributed by atoms with van der Waals surface area (Å²) < 4.78 is 10.6. The lowest BCUT2D eigenvalue weighted by Gasteiger charge is -2.19. The molecule has 0 aliphatic carbocycles. The topological polar surface area (TPSA) is 76.7 Å². The first-order valence-corrected chi connectivity index (χ1v) is 9.85. The molecule has 0 aliphatic rings. The van der Waals surface area contributed by atoms with Gasteiger partial charge in [0.15, 0.2) is 0 Å². The molecule has 0 saturated heterocycles. The van der Waals surface area contributed by atoms with Gasteiger partial charge in [0.25, 0.3) is 0 Å². The molecule has 0 fully saturated rings. The van der Waals surface area contributed by atoms with Gasteiger partial charge in [-0.1, -0.05) is 32.9 Å². The molecular formula is C23H30N2O4. The largest absolute Gasteiger partial charge is 0.494 e. The van der Waals surface area contributed by atoms with E-state index in [0.29, 0.717) is 37.4 Å². The summed E-state index contributed by atoms with van der Waals surface area (Å²) in [6.45, 7) is 9.62. The number of esters is 1. The van der Waals surface area contributed by atoms with Crippen LogP contribution in [0.2, 0.25) is 0 Å². The molecule has 6 nitrogen and oxygen atoms in total. The van der Waals surface area contributed by atoms with Crippen molar-refractivity contribution in [2.45, 2.75) is 39.5 Å².